The Morgan fingerprint density at radius 1 is 1.50 bits per heavy atom. The van der Waals surface area contributed by atoms with E-state index in [0.29, 0.717) is 6.61 Å². The summed E-state index contributed by atoms with van der Waals surface area (Å²) < 4.78 is 5.21. The van der Waals surface area contributed by atoms with Gasteiger partial charge in [0.05, 0.1) is 12.2 Å². The summed E-state index contributed by atoms with van der Waals surface area (Å²) in [7, 11) is 0. The van der Waals surface area contributed by atoms with E-state index in [4.69, 9.17) is 9.84 Å². The van der Waals surface area contributed by atoms with Crippen molar-refractivity contribution in [3.8, 4) is 0 Å². The highest BCUT2D eigenvalue weighted by atomic mass is 16.5. The molecule has 0 spiro atoms. The number of aliphatic hydroxyl groups excluding tert-OH is 2. The second-order valence-electron chi connectivity index (χ2n) is 2.63. The zero-order valence-electron chi connectivity index (χ0n) is 5.99. The van der Waals surface area contributed by atoms with Crippen LogP contribution in [0.25, 0.3) is 0 Å². The molecule has 0 bridgehead atoms. The summed E-state index contributed by atoms with van der Waals surface area (Å²) in [6.07, 6.45) is 1.92. The van der Waals surface area contributed by atoms with Crippen molar-refractivity contribution in [1.29, 1.82) is 0 Å². The summed E-state index contributed by atoms with van der Waals surface area (Å²) in [5.41, 5.74) is 0. The van der Waals surface area contributed by atoms with Crippen molar-refractivity contribution in [1.82, 2.24) is 0 Å². The Morgan fingerprint density at radius 3 is 2.80 bits per heavy atom. The van der Waals surface area contributed by atoms with Crippen molar-refractivity contribution in [2.75, 3.05) is 13.2 Å². The molecule has 1 aliphatic rings. The Morgan fingerprint density at radius 2 is 2.30 bits per heavy atom. The van der Waals surface area contributed by atoms with E-state index in [1.165, 1.54) is 0 Å². The molecule has 1 heterocycles. The number of rotatable bonds is 3. The summed E-state index contributed by atoms with van der Waals surface area (Å²) in [6, 6.07) is 0. The Bertz CT molecular complexity index is 94.9. The van der Waals surface area contributed by atoms with Gasteiger partial charge in [-0.05, 0) is 19.3 Å². The van der Waals surface area contributed by atoms with Crippen molar-refractivity contribution >= 4 is 0 Å². The number of aliphatic hydroxyl groups is 2. The minimum absolute atomic E-state index is 0.0212. The third-order valence-electron chi connectivity index (χ3n) is 1.82. The van der Waals surface area contributed by atoms with Crippen LogP contribution in [0.15, 0.2) is 0 Å². The molecule has 2 unspecified atom stereocenters. The van der Waals surface area contributed by atoms with Crippen molar-refractivity contribution in [3.05, 3.63) is 0 Å². The van der Waals surface area contributed by atoms with Gasteiger partial charge in [-0.25, -0.2) is 0 Å². The van der Waals surface area contributed by atoms with Crippen molar-refractivity contribution in [2.45, 2.75) is 31.5 Å². The molecule has 0 amide bonds. The summed E-state index contributed by atoms with van der Waals surface area (Å²) >= 11 is 0. The average Bonchev–Trinajstić information content (AvgIpc) is 2.31. The van der Waals surface area contributed by atoms with Gasteiger partial charge in [0.1, 0.15) is 0 Å². The first-order valence-electron chi connectivity index (χ1n) is 3.75. The normalized spacial score (nSPS) is 33.0. The molecular formula is C7H14O3. The summed E-state index contributed by atoms with van der Waals surface area (Å²) in [6.45, 7) is 0.851. The molecule has 1 rings (SSSR count). The lowest BCUT2D eigenvalue weighted by molar-refractivity contribution is 0.0326. The van der Waals surface area contributed by atoms with E-state index in [9.17, 15) is 5.11 Å². The van der Waals surface area contributed by atoms with Crippen molar-refractivity contribution in [3.63, 3.8) is 0 Å². The van der Waals surface area contributed by atoms with Gasteiger partial charge in [-0.15, -0.1) is 0 Å². The Balaban J connectivity index is 2.14. The molecule has 10 heavy (non-hydrogen) atoms. The molecule has 1 fully saturated rings. The molecule has 2 atom stereocenters. The lowest BCUT2D eigenvalue weighted by Crippen LogP contribution is -2.20. The molecule has 3 nitrogen and oxygen atoms in total. The lowest BCUT2D eigenvalue weighted by Gasteiger charge is -2.11. The lowest BCUT2D eigenvalue weighted by atomic mass is 10.1. The van der Waals surface area contributed by atoms with Gasteiger partial charge in [-0.2, -0.15) is 0 Å². The topological polar surface area (TPSA) is 49.7 Å². The fourth-order valence-corrected chi connectivity index (χ4v) is 1.21. The van der Waals surface area contributed by atoms with E-state index in [0.717, 1.165) is 19.3 Å². The molecule has 3 heteroatoms. The highest BCUT2D eigenvalue weighted by molar-refractivity contribution is 4.74. The van der Waals surface area contributed by atoms with Crippen molar-refractivity contribution in [2.24, 2.45) is 0 Å². The maximum atomic E-state index is 9.21. The first-order chi connectivity index (χ1) is 4.84. The van der Waals surface area contributed by atoms with Crippen molar-refractivity contribution < 1.29 is 14.9 Å². The molecule has 0 aliphatic carbocycles. The quantitative estimate of drug-likeness (QED) is 0.585. The Hall–Kier alpha value is -0.120. The van der Waals surface area contributed by atoms with E-state index in [2.05, 4.69) is 0 Å². The fraction of sp³-hybridized carbons (Fsp3) is 1.00. The summed E-state index contributed by atoms with van der Waals surface area (Å²) in [4.78, 5) is 0. The zero-order valence-corrected chi connectivity index (χ0v) is 5.99. The van der Waals surface area contributed by atoms with Gasteiger partial charge in [0.2, 0.25) is 0 Å². The molecule has 0 aromatic heterocycles. The maximum absolute atomic E-state index is 9.21. The highest BCUT2D eigenvalue weighted by Gasteiger charge is 2.24. The van der Waals surface area contributed by atoms with Crippen LogP contribution in [0.1, 0.15) is 19.3 Å². The first kappa shape index (κ1) is 7.98. The van der Waals surface area contributed by atoms with Gasteiger partial charge >= 0.3 is 0 Å². The molecule has 0 saturated carbocycles. The molecule has 60 valence electrons. The maximum Gasteiger partial charge on any atom is 0.0835 e. The molecule has 2 N–H and O–H groups in total. The monoisotopic (exact) mass is 146 g/mol. The van der Waals surface area contributed by atoms with Crippen LogP contribution in [0.4, 0.5) is 0 Å². The van der Waals surface area contributed by atoms with E-state index in [1.807, 2.05) is 0 Å². The smallest absolute Gasteiger partial charge is 0.0835 e. The molecule has 0 aromatic carbocycles. The summed E-state index contributed by atoms with van der Waals surface area (Å²) in [5, 5.41) is 17.7. The van der Waals surface area contributed by atoms with Gasteiger partial charge in [-0.3, -0.25) is 0 Å². The number of hydrogen-bond acceptors (Lipinski definition) is 3. The summed E-state index contributed by atoms with van der Waals surface area (Å²) in [5.74, 6) is 0. The fourth-order valence-electron chi connectivity index (χ4n) is 1.21. The van der Waals surface area contributed by atoms with E-state index in [1.54, 1.807) is 0 Å². The van der Waals surface area contributed by atoms with Gasteiger partial charge in [0.15, 0.2) is 0 Å². The Labute approximate surface area is 60.6 Å². The zero-order chi connectivity index (χ0) is 7.40. The van der Waals surface area contributed by atoms with Gasteiger partial charge in [0, 0.05) is 13.2 Å². The van der Waals surface area contributed by atoms with E-state index >= 15 is 0 Å². The SMILES string of the molecule is OCCCC1OCCC1O. The predicted octanol–water partition coefficient (Wildman–Crippen LogP) is -0.0913. The molecule has 0 radical (unpaired) electrons. The van der Waals surface area contributed by atoms with Crippen LogP contribution >= 0.6 is 0 Å². The first-order valence-corrected chi connectivity index (χ1v) is 3.75. The van der Waals surface area contributed by atoms with E-state index in [-0.39, 0.29) is 18.8 Å². The minimum Gasteiger partial charge on any atom is -0.396 e. The van der Waals surface area contributed by atoms with Crippen LogP contribution in [0, 0.1) is 0 Å². The van der Waals surface area contributed by atoms with Crippen LogP contribution in [0.3, 0.4) is 0 Å². The van der Waals surface area contributed by atoms with Gasteiger partial charge in [0.25, 0.3) is 0 Å². The average molecular weight is 146 g/mol. The minimum atomic E-state index is -0.299. The van der Waals surface area contributed by atoms with Crippen LogP contribution < -0.4 is 0 Å². The highest BCUT2D eigenvalue weighted by Crippen LogP contribution is 2.17. The van der Waals surface area contributed by atoms with Crippen LogP contribution in [0.2, 0.25) is 0 Å². The van der Waals surface area contributed by atoms with Gasteiger partial charge in [-0.1, -0.05) is 0 Å². The van der Waals surface area contributed by atoms with Crippen LogP contribution in [0.5, 0.6) is 0 Å². The molecule has 1 aliphatic heterocycles. The molecule has 1 saturated heterocycles. The predicted molar refractivity (Wildman–Crippen MR) is 36.7 cm³/mol. The largest absolute Gasteiger partial charge is 0.396 e. The standard InChI is InChI=1S/C7H14O3/c8-4-1-2-7-6(9)3-5-10-7/h6-9H,1-5H2. The molecular weight excluding hydrogens is 132 g/mol. The third-order valence-corrected chi connectivity index (χ3v) is 1.82. The number of ether oxygens (including phenoxy) is 1. The van der Waals surface area contributed by atoms with Crippen LogP contribution in [-0.2, 0) is 4.74 Å². The second kappa shape index (κ2) is 3.91. The van der Waals surface area contributed by atoms with Gasteiger partial charge < -0.3 is 14.9 Å². The van der Waals surface area contributed by atoms with Crippen LogP contribution in [-0.4, -0.2) is 35.6 Å². The third kappa shape index (κ3) is 1.94. The Kier molecular flexibility index (Phi) is 3.12. The number of hydrogen-bond donors (Lipinski definition) is 2. The second-order valence-corrected chi connectivity index (χ2v) is 2.63. The van der Waals surface area contributed by atoms with E-state index < -0.39 is 0 Å². The molecule has 0 aromatic rings.